The Morgan fingerprint density at radius 1 is 1.19 bits per heavy atom. The summed E-state index contributed by atoms with van der Waals surface area (Å²) in [5, 5.41) is 1.05. The van der Waals surface area contributed by atoms with Crippen LogP contribution in [0.25, 0.3) is 0 Å². The number of halogens is 1. The largest absolute Gasteiger partial charge is 0.342 e. The summed E-state index contributed by atoms with van der Waals surface area (Å²) in [6.45, 7) is 2.01. The maximum atomic E-state index is 12.3. The minimum Gasteiger partial charge on any atom is -0.342 e. The van der Waals surface area contributed by atoms with Crippen LogP contribution < -0.4 is 0 Å². The summed E-state index contributed by atoms with van der Waals surface area (Å²) in [7, 11) is 0. The normalized spacial score (nSPS) is 41.9. The van der Waals surface area contributed by atoms with Crippen molar-refractivity contribution in [2.45, 2.75) is 32.1 Å². The highest BCUT2D eigenvalue weighted by atomic mass is 79.9. The molecule has 16 heavy (non-hydrogen) atoms. The number of alkyl halides is 1. The number of hydrogen-bond donors (Lipinski definition) is 0. The van der Waals surface area contributed by atoms with Gasteiger partial charge in [0.05, 0.1) is 0 Å². The lowest BCUT2D eigenvalue weighted by Crippen LogP contribution is -2.41. The number of carbonyl (C=O) groups excluding carboxylic acids is 1. The van der Waals surface area contributed by atoms with E-state index in [-0.39, 0.29) is 0 Å². The zero-order valence-electron chi connectivity index (χ0n) is 9.70. The lowest BCUT2D eigenvalue weighted by atomic mass is 9.99. The average molecular weight is 286 g/mol. The van der Waals surface area contributed by atoms with E-state index in [9.17, 15) is 4.79 Å². The summed E-state index contributed by atoms with van der Waals surface area (Å²) < 4.78 is 0. The van der Waals surface area contributed by atoms with E-state index in [4.69, 9.17) is 0 Å². The summed E-state index contributed by atoms with van der Waals surface area (Å²) in [4.78, 5) is 14.5. The van der Waals surface area contributed by atoms with Crippen molar-refractivity contribution in [1.82, 2.24) is 4.90 Å². The highest BCUT2D eigenvalue weighted by Gasteiger charge is 2.57. The van der Waals surface area contributed by atoms with Crippen molar-refractivity contribution in [1.29, 1.82) is 0 Å². The maximum absolute atomic E-state index is 12.3. The van der Waals surface area contributed by atoms with E-state index in [1.807, 2.05) is 0 Å². The second kappa shape index (κ2) is 4.32. The number of fused-ring (bicyclic) bond motifs is 1. The van der Waals surface area contributed by atoms with Gasteiger partial charge in [0.2, 0.25) is 5.91 Å². The predicted molar refractivity (Wildman–Crippen MR) is 67.4 cm³/mol. The van der Waals surface area contributed by atoms with Crippen LogP contribution in [0.4, 0.5) is 0 Å². The molecule has 2 aliphatic carbocycles. The van der Waals surface area contributed by atoms with Crippen LogP contribution in [0.1, 0.15) is 32.1 Å². The number of likely N-dealkylation sites (tertiary alicyclic amines) is 1. The van der Waals surface area contributed by atoms with Crippen molar-refractivity contribution in [3.05, 3.63) is 0 Å². The first-order chi connectivity index (χ1) is 7.81. The van der Waals surface area contributed by atoms with E-state index in [1.165, 1.54) is 32.1 Å². The number of amides is 1. The Hall–Kier alpha value is -0.0500. The molecule has 0 aromatic heterocycles. The Kier molecular flexibility index (Phi) is 2.99. The zero-order valence-corrected chi connectivity index (χ0v) is 11.3. The molecule has 0 spiro atoms. The molecule has 3 aliphatic rings. The third-order valence-electron chi connectivity index (χ3n) is 4.74. The van der Waals surface area contributed by atoms with Gasteiger partial charge in [-0.15, -0.1) is 0 Å². The van der Waals surface area contributed by atoms with Gasteiger partial charge in [0, 0.05) is 24.3 Å². The second-order valence-electron chi connectivity index (χ2n) is 5.73. The van der Waals surface area contributed by atoms with Gasteiger partial charge in [-0.25, -0.2) is 0 Å². The molecule has 0 aromatic carbocycles. The molecule has 1 saturated heterocycles. The van der Waals surface area contributed by atoms with Gasteiger partial charge in [-0.05, 0) is 43.4 Å². The Balaban J connectivity index is 1.58. The van der Waals surface area contributed by atoms with E-state index >= 15 is 0 Å². The smallest absolute Gasteiger partial charge is 0.226 e. The summed E-state index contributed by atoms with van der Waals surface area (Å²) in [5.41, 5.74) is 0. The molecule has 0 aromatic rings. The molecule has 3 heteroatoms. The molecule has 3 atom stereocenters. The standard InChI is InChI=1S/C13H20BrNO/c14-7-9-3-2-6-15(8-9)13(16)12-10-4-1-5-11(10)12/h9-12H,1-8H2. The van der Waals surface area contributed by atoms with E-state index < -0.39 is 0 Å². The first-order valence-electron chi connectivity index (χ1n) is 6.66. The van der Waals surface area contributed by atoms with Crippen LogP contribution in [0.2, 0.25) is 0 Å². The Bertz CT molecular complexity index is 284. The topological polar surface area (TPSA) is 20.3 Å². The monoisotopic (exact) mass is 285 g/mol. The number of hydrogen-bond acceptors (Lipinski definition) is 1. The summed E-state index contributed by atoms with van der Waals surface area (Å²) in [6.07, 6.45) is 6.48. The van der Waals surface area contributed by atoms with E-state index in [2.05, 4.69) is 20.8 Å². The molecule has 1 amide bonds. The first kappa shape index (κ1) is 11.1. The zero-order chi connectivity index (χ0) is 11.1. The number of carbonyl (C=O) groups is 1. The molecule has 1 aliphatic heterocycles. The fourth-order valence-electron chi connectivity index (χ4n) is 3.79. The molecular formula is C13H20BrNO. The van der Waals surface area contributed by atoms with Crippen LogP contribution in [0.3, 0.4) is 0 Å². The average Bonchev–Trinajstić information content (AvgIpc) is 2.81. The Morgan fingerprint density at radius 3 is 2.62 bits per heavy atom. The Labute approximate surface area is 106 Å². The van der Waals surface area contributed by atoms with Gasteiger partial charge >= 0.3 is 0 Å². The van der Waals surface area contributed by atoms with Crippen LogP contribution in [-0.2, 0) is 4.79 Å². The third-order valence-corrected chi connectivity index (χ3v) is 5.66. The molecule has 2 saturated carbocycles. The fraction of sp³-hybridized carbons (Fsp3) is 0.923. The first-order valence-corrected chi connectivity index (χ1v) is 7.78. The Morgan fingerprint density at radius 2 is 1.94 bits per heavy atom. The van der Waals surface area contributed by atoms with Crippen LogP contribution in [0.5, 0.6) is 0 Å². The van der Waals surface area contributed by atoms with Crippen molar-refractivity contribution < 1.29 is 4.79 Å². The van der Waals surface area contributed by atoms with Gasteiger partial charge in [0.25, 0.3) is 0 Å². The molecule has 0 N–H and O–H groups in total. The van der Waals surface area contributed by atoms with E-state index in [0.717, 1.165) is 30.3 Å². The quantitative estimate of drug-likeness (QED) is 0.715. The van der Waals surface area contributed by atoms with Crippen molar-refractivity contribution in [2.24, 2.45) is 23.7 Å². The fourth-order valence-corrected chi connectivity index (χ4v) is 4.32. The van der Waals surface area contributed by atoms with Gasteiger partial charge in [0.15, 0.2) is 0 Å². The van der Waals surface area contributed by atoms with Gasteiger partial charge in [-0.3, -0.25) is 4.79 Å². The highest BCUT2D eigenvalue weighted by Crippen LogP contribution is 2.58. The van der Waals surface area contributed by atoms with E-state index in [1.54, 1.807) is 0 Å². The lowest BCUT2D eigenvalue weighted by molar-refractivity contribution is -0.135. The summed E-state index contributed by atoms with van der Waals surface area (Å²) in [5.74, 6) is 3.16. The molecular weight excluding hydrogens is 266 g/mol. The number of nitrogens with zero attached hydrogens (tertiary/aromatic N) is 1. The molecule has 0 radical (unpaired) electrons. The molecule has 0 bridgehead atoms. The van der Waals surface area contributed by atoms with Crippen molar-refractivity contribution in [3.63, 3.8) is 0 Å². The predicted octanol–water partition coefficient (Wildman–Crippen LogP) is 2.67. The van der Waals surface area contributed by atoms with Gasteiger partial charge in [-0.2, -0.15) is 0 Å². The van der Waals surface area contributed by atoms with Crippen LogP contribution >= 0.6 is 15.9 Å². The molecule has 3 rings (SSSR count). The van der Waals surface area contributed by atoms with Crippen molar-refractivity contribution in [2.75, 3.05) is 18.4 Å². The lowest BCUT2D eigenvalue weighted by Gasteiger charge is -2.32. The van der Waals surface area contributed by atoms with Gasteiger partial charge in [0.1, 0.15) is 0 Å². The van der Waals surface area contributed by atoms with E-state index in [0.29, 0.717) is 17.7 Å². The third kappa shape index (κ3) is 1.81. The van der Waals surface area contributed by atoms with Crippen molar-refractivity contribution in [3.8, 4) is 0 Å². The minimum atomic E-state index is 0.433. The molecule has 3 fully saturated rings. The highest BCUT2D eigenvalue weighted by molar-refractivity contribution is 9.09. The second-order valence-corrected chi connectivity index (χ2v) is 6.38. The number of rotatable bonds is 2. The number of piperidine rings is 1. The molecule has 2 nitrogen and oxygen atoms in total. The van der Waals surface area contributed by atoms with Crippen molar-refractivity contribution >= 4 is 21.8 Å². The molecule has 90 valence electrons. The summed E-state index contributed by atoms with van der Waals surface area (Å²) >= 11 is 3.55. The van der Waals surface area contributed by atoms with Gasteiger partial charge in [-0.1, -0.05) is 22.4 Å². The SMILES string of the molecule is O=C(C1C2CCCC21)N1CCCC(CBr)C1. The minimum absolute atomic E-state index is 0.433. The van der Waals surface area contributed by atoms with Crippen LogP contribution in [-0.4, -0.2) is 29.2 Å². The molecule has 3 unspecified atom stereocenters. The maximum Gasteiger partial charge on any atom is 0.226 e. The van der Waals surface area contributed by atoms with Crippen LogP contribution in [0.15, 0.2) is 0 Å². The molecule has 1 heterocycles. The van der Waals surface area contributed by atoms with Gasteiger partial charge < -0.3 is 4.90 Å². The van der Waals surface area contributed by atoms with Crippen LogP contribution in [0, 0.1) is 23.7 Å². The summed E-state index contributed by atoms with van der Waals surface area (Å²) in [6, 6.07) is 0.